The fourth-order valence-electron chi connectivity index (χ4n) is 1.62. The molecule has 0 N–H and O–H groups in total. The molecule has 2 heteroatoms. The number of nitriles is 1. The molecule has 0 aliphatic carbocycles. The zero-order chi connectivity index (χ0) is 11.2. The van der Waals surface area contributed by atoms with Gasteiger partial charge in [-0.2, -0.15) is 5.26 Å². The summed E-state index contributed by atoms with van der Waals surface area (Å²) in [5.41, 5.74) is 0. The predicted molar refractivity (Wildman–Crippen MR) is 69.6 cm³/mol. The lowest BCUT2D eigenvalue weighted by atomic mass is 10.4. The van der Waals surface area contributed by atoms with Crippen LogP contribution in [-0.2, 0) is 0 Å². The van der Waals surface area contributed by atoms with E-state index < -0.39 is 7.92 Å². The summed E-state index contributed by atoms with van der Waals surface area (Å²) in [7, 11) is -0.512. The van der Waals surface area contributed by atoms with Crippen LogP contribution in [0.25, 0.3) is 0 Å². The number of benzene rings is 2. The molecule has 0 atom stereocenters. The minimum absolute atomic E-state index is 0.512. The van der Waals surface area contributed by atoms with Gasteiger partial charge in [-0.15, -0.1) is 0 Å². The third kappa shape index (κ3) is 2.48. The Morgan fingerprint density at radius 3 is 1.62 bits per heavy atom. The quantitative estimate of drug-likeness (QED) is 0.737. The molecule has 0 saturated carbocycles. The summed E-state index contributed by atoms with van der Waals surface area (Å²) in [5, 5.41) is 11.5. The highest BCUT2D eigenvalue weighted by Crippen LogP contribution is 2.32. The van der Waals surface area contributed by atoms with Crippen molar-refractivity contribution in [3.63, 3.8) is 0 Å². The van der Waals surface area contributed by atoms with Crippen molar-refractivity contribution < 1.29 is 0 Å². The van der Waals surface area contributed by atoms with E-state index in [0.29, 0.717) is 6.16 Å². The molecule has 16 heavy (non-hydrogen) atoms. The molecule has 0 bridgehead atoms. The zero-order valence-corrected chi connectivity index (χ0v) is 9.77. The number of hydrogen-bond donors (Lipinski definition) is 0. The number of nitrogens with zero attached hydrogens (tertiary/aromatic N) is 1. The van der Waals surface area contributed by atoms with E-state index in [1.165, 1.54) is 10.6 Å². The van der Waals surface area contributed by atoms with Crippen molar-refractivity contribution in [1.82, 2.24) is 0 Å². The topological polar surface area (TPSA) is 23.8 Å². The van der Waals surface area contributed by atoms with Crippen LogP contribution in [0.2, 0.25) is 0 Å². The van der Waals surface area contributed by atoms with Crippen LogP contribution < -0.4 is 10.6 Å². The van der Waals surface area contributed by atoms with E-state index >= 15 is 0 Å². The van der Waals surface area contributed by atoms with Crippen LogP contribution in [0, 0.1) is 11.3 Å². The molecule has 0 spiro atoms. The molecule has 0 amide bonds. The van der Waals surface area contributed by atoms with Crippen LogP contribution in [0.3, 0.4) is 0 Å². The molecule has 0 aliphatic rings. The van der Waals surface area contributed by atoms with Crippen molar-refractivity contribution in [1.29, 1.82) is 5.26 Å². The summed E-state index contributed by atoms with van der Waals surface area (Å²) in [5.74, 6) is 0. The summed E-state index contributed by atoms with van der Waals surface area (Å²) in [6.45, 7) is 0. The minimum atomic E-state index is -0.512. The van der Waals surface area contributed by atoms with Crippen LogP contribution in [0.1, 0.15) is 0 Å². The highest BCUT2D eigenvalue weighted by molar-refractivity contribution is 7.73. The summed E-state index contributed by atoms with van der Waals surface area (Å²) >= 11 is 0. The van der Waals surface area contributed by atoms with Crippen LogP contribution in [-0.4, -0.2) is 6.16 Å². The molecule has 0 aliphatic heterocycles. The lowest BCUT2D eigenvalue weighted by molar-refractivity contribution is 1.49. The van der Waals surface area contributed by atoms with Crippen molar-refractivity contribution in [2.24, 2.45) is 0 Å². The molecule has 1 nitrogen and oxygen atoms in total. The molecule has 78 valence electrons. The minimum Gasteiger partial charge on any atom is -0.198 e. The fourth-order valence-corrected chi connectivity index (χ4v) is 3.49. The van der Waals surface area contributed by atoms with Gasteiger partial charge in [0.1, 0.15) is 0 Å². The van der Waals surface area contributed by atoms with E-state index in [9.17, 15) is 0 Å². The molecule has 2 rings (SSSR count). The Morgan fingerprint density at radius 1 is 0.812 bits per heavy atom. The first-order valence-corrected chi connectivity index (χ1v) is 6.69. The van der Waals surface area contributed by atoms with Crippen LogP contribution >= 0.6 is 7.92 Å². The molecule has 2 aromatic carbocycles. The average molecular weight is 225 g/mol. The Balaban J connectivity index is 2.36. The van der Waals surface area contributed by atoms with Gasteiger partial charge in [0.2, 0.25) is 0 Å². The van der Waals surface area contributed by atoms with E-state index in [4.69, 9.17) is 5.26 Å². The van der Waals surface area contributed by atoms with E-state index in [1.54, 1.807) is 0 Å². The van der Waals surface area contributed by atoms with Gasteiger partial charge in [0.05, 0.1) is 12.2 Å². The Bertz CT molecular complexity index is 434. The first-order chi connectivity index (χ1) is 7.92. The summed E-state index contributed by atoms with van der Waals surface area (Å²) in [6.07, 6.45) is 0.587. The van der Waals surface area contributed by atoms with Crippen molar-refractivity contribution >= 4 is 18.5 Å². The molecular weight excluding hydrogens is 213 g/mol. The summed E-state index contributed by atoms with van der Waals surface area (Å²) in [4.78, 5) is 0. The van der Waals surface area contributed by atoms with Gasteiger partial charge in [0, 0.05) is 0 Å². The lowest BCUT2D eigenvalue weighted by Crippen LogP contribution is -2.12. The van der Waals surface area contributed by atoms with Gasteiger partial charge in [0.15, 0.2) is 0 Å². The van der Waals surface area contributed by atoms with E-state index in [1.807, 2.05) is 36.4 Å². The lowest BCUT2D eigenvalue weighted by Gasteiger charge is -2.14. The van der Waals surface area contributed by atoms with Gasteiger partial charge >= 0.3 is 0 Å². The smallest absolute Gasteiger partial charge is 0.0675 e. The molecule has 0 fully saturated rings. The number of rotatable bonds is 3. The standard InChI is InChI=1S/C14H12NP/c15-11-12-16(13-7-3-1-4-8-13)14-9-5-2-6-10-14/h1-10H,12H2. The van der Waals surface area contributed by atoms with E-state index in [-0.39, 0.29) is 0 Å². The highest BCUT2D eigenvalue weighted by Gasteiger charge is 2.11. The van der Waals surface area contributed by atoms with Gasteiger partial charge in [-0.1, -0.05) is 60.7 Å². The van der Waals surface area contributed by atoms with E-state index in [2.05, 4.69) is 30.3 Å². The molecule has 0 saturated heterocycles. The molecule has 0 radical (unpaired) electrons. The summed E-state index contributed by atoms with van der Waals surface area (Å²) in [6, 6.07) is 22.9. The zero-order valence-electron chi connectivity index (χ0n) is 8.88. The second kappa shape index (κ2) is 5.45. The molecule has 0 aromatic heterocycles. The third-order valence-corrected chi connectivity index (χ3v) is 4.67. The van der Waals surface area contributed by atoms with Gasteiger partial charge in [0.25, 0.3) is 0 Å². The Labute approximate surface area is 97.1 Å². The largest absolute Gasteiger partial charge is 0.198 e. The Kier molecular flexibility index (Phi) is 3.70. The first kappa shape index (κ1) is 10.9. The van der Waals surface area contributed by atoms with Crippen molar-refractivity contribution in [3.8, 4) is 6.07 Å². The average Bonchev–Trinajstić information content (AvgIpc) is 2.38. The molecule has 0 unspecified atom stereocenters. The van der Waals surface area contributed by atoms with Gasteiger partial charge < -0.3 is 0 Å². The maximum Gasteiger partial charge on any atom is 0.0675 e. The van der Waals surface area contributed by atoms with Crippen LogP contribution in [0.4, 0.5) is 0 Å². The second-order valence-electron chi connectivity index (χ2n) is 3.42. The van der Waals surface area contributed by atoms with Gasteiger partial charge in [-0.05, 0) is 18.5 Å². The van der Waals surface area contributed by atoms with Crippen molar-refractivity contribution in [2.75, 3.05) is 6.16 Å². The molecular formula is C14H12NP. The SMILES string of the molecule is N#CCP(c1ccccc1)c1ccccc1. The molecule has 2 aromatic rings. The predicted octanol–water partition coefficient (Wildman–Crippen LogP) is 2.64. The Hall–Kier alpha value is -1.64. The van der Waals surface area contributed by atoms with Crippen LogP contribution in [0.5, 0.6) is 0 Å². The normalized spacial score (nSPS) is 10.0. The maximum atomic E-state index is 8.93. The van der Waals surface area contributed by atoms with Gasteiger partial charge in [-0.3, -0.25) is 0 Å². The van der Waals surface area contributed by atoms with Crippen molar-refractivity contribution in [2.45, 2.75) is 0 Å². The summed E-state index contributed by atoms with van der Waals surface area (Å²) < 4.78 is 0. The second-order valence-corrected chi connectivity index (χ2v) is 5.62. The Morgan fingerprint density at radius 2 is 1.25 bits per heavy atom. The van der Waals surface area contributed by atoms with Gasteiger partial charge in [-0.25, -0.2) is 0 Å². The maximum absolute atomic E-state index is 8.93. The monoisotopic (exact) mass is 225 g/mol. The van der Waals surface area contributed by atoms with Crippen LogP contribution in [0.15, 0.2) is 60.7 Å². The first-order valence-electron chi connectivity index (χ1n) is 5.16. The number of hydrogen-bond acceptors (Lipinski definition) is 1. The molecule has 0 heterocycles. The van der Waals surface area contributed by atoms with E-state index in [0.717, 1.165) is 0 Å². The van der Waals surface area contributed by atoms with Crippen molar-refractivity contribution in [3.05, 3.63) is 60.7 Å². The highest BCUT2D eigenvalue weighted by atomic mass is 31.1. The fraction of sp³-hybridized carbons (Fsp3) is 0.0714. The third-order valence-electron chi connectivity index (χ3n) is 2.36.